The van der Waals surface area contributed by atoms with Crippen LogP contribution in [0.3, 0.4) is 0 Å². The van der Waals surface area contributed by atoms with E-state index in [9.17, 15) is 18.4 Å². The molecule has 2 aromatic rings. The zero-order chi connectivity index (χ0) is 26.0. The number of hydrogen-bond donors (Lipinski definition) is 1. The first-order valence-corrected chi connectivity index (χ1v) is 13.2. The molecule has 5 rings (SSSR count). The Kier molecular flexibility index (Phi) is 7.51. The summed E-state index contributed by atoms with van der Waals surface area (Å²) in [5.74, 6) is -0.583. The molecule has 7 nitrogen and oxygen atoms in total. The van der Waals surface area contributed by atoms with Gasteiger partial charge in [-0.05, 0) is 62.3 Å². The Morgan fingerprint density at radius 1 is 1.14 bits per heavy atom. The summed E-state index contributed by atoms with van der Waals surface area (Å²) in [4.78, 5) is 29.1. The number of hydrogen-bond acceptors (Lipinski definition) is 5. The third-order valence-electron chi connectivity index (χ3n) is 8.22. The van der Waals surface area contributed by atoms with Crippen LogP contribution >= 0.6 is 0 Å². The molecule has 9 heteroatoms. The van der Waals surface area contributed by atoms with Crippen molar-refractivity contribution in [3.05, 3.63) is 59.1 Å². The number of furan rings is 1. The highest BCUT2D eigenvalue weighted by atomic mass is 19.1. The lowest BCUT2D eigenvalue weighted by Crippen LogP contribution is -2.47. The highest BCUT2D eigenvalue weighted by Gasteiger charge is 2.47. The van der Waals surface area contributed by atoms with Crippen LogP contribution in [0.4, 0.5) is 13.6 Å². The van der Waals surface area contributed by atoms with Crippen LogP contribution in [0.15, 0.2) is 35.1 Å². The lowest BCUT2D eigenvalue weighted by Gasteiger charge is -2.37. The number of amides is 2. The number of nitrogens with one attached hydrogen (secondary N) is 1. The molecule has 0 atom stereocenters. The van der Waals surface area contributed by atoms with Crippen LogP contribution in [0.25, 0.3) is 0 Å². The quantitative estimate of drug-likeness (QED) is 0.575. The molecule has 1 spiro atoms. The van der Waals surface area contributed by atoms with E-state index in [1.165, 1.54) is 12.1 Å². The highest BCUT2D eigenvalue weighted by Crippen LogP contribution is 2.36. The molecule has 1 aromatic carbocycles. The molecule has 3 aliphatic rings. The Labute approximate surface area is 216 Å². The average molecular weight is 516 g/mol. The van der Waals surface area contributed by atoms with E-state index in [-0.39, 0.29) is 30.0 Å². The van der Waals surface area contributed by atoms with E-state index in [1.54, 1.807) is 19.5 Å². The lowest BCUT2D eigenvalue weighted by molar-refractivity contribution is -0.126. The topological polar surface area (TPSA) is 75.0 Å². The standard InChI is InChI=1S/C28H35F2N3O4/c1-19-12-24(29)23(25(30)13-19)16-32-9-7-28(8-10-32)18-33(27(35)37-28)15-20-2-4-22(5-3-20)26(34)31-14-21-6-11-36-17-21/h6,11-13,17,20,22H,2-5,7-10,14-16,18H2,1H3,(H,31,34). The van der Waals surface area contributed by atoms with Crippen molar-refractivity contribution >= 4 is 12.0 Å². The van der Waals surface area contributed by atoms with Crippen LogP contribution in [-0.2, 0) is 22.6 Å². The molecule has 37 heavy (non-hydrogen) atoms. The van der Waals surface area contributed by atoms with Gasteiger partial charge in [0.1, 0.15) is 17.2 Å². The Bertz CT molecular complexity index is 1080. The number of likely N-dealkylation sites (tertiary alicyclic amines) is 1. The summed E-state index contributed by atoms with van der Waals surface area (Å²) < 4.78 is 39.5. The molecule has 3 heterocycles. The maximum atomic E-state index is 14.3. The molecule has 1 aromatic heterocycles. The third kappa shape index (κ3) is 5.98. The van der Waals surface area contributed by atoms with Crippen LogP contribution < -0.4 is 5.32 Å². The average Bonchev–Trinajstić information content (AvgIpc) is 3.49. The molecular weight excluding hydrogens is 480 g/mol. The first-order chi connectivity index (χ1) is 17.8. The molecule has 3 fully saturated rings. The number of halogens is 2. The monoisotopic (exact) mass is 515 g/mol. The normalized spacial score (nSPS) is 23.9. The van der Waals surface area contributed by atoms with Crippen molar-refractivity contribution in [2.75, 3.05) is 26.2 Å². The zero-order valence-electron chi connectivity index (χ0n) is 21.3. The fraction of sp³-hybridized carbons (Fsp3) is 0.571. The fourth-order valence-electron chi connectivity index (χ4n) is 5.96. The van der Waals surface area contributed by atoms with Crippen molar-refractivity contribution in [2.45, 2.75) is 64.1 Å². The van der Waals surface area contributed by atoms with Gasteiger partial charge in [-0.15, -0.1) is 0 Å². The van der Waals surface area contributed by atoms with Gasteiger partial charge in [-0.2, -0.15) is 0 Å². The molecule has 0 unspecified atom stereocenters. The Morgan fingerprint density at radius 2 is 1.84 bits per heavy atom. The summed E-state index contributed by atoms with van der Waals surface area (Å²) in [5.41, 5.74) is 1.08. The molecule has 2 aliphatic heterocycles. The minimum atomic E-state index is -0.526. The minimum absolute atomic E-state index is 0.00699. The smallest absolute Gasteiger partial charge is 0.410 e. The number of rotatable bonds is 7. The van der Waals surface area contributed by atoms with Crippen LogP contribution in [0.2, 0.25) is 0 Å². The Morgan fingerprint density at radius 3 is 2.49 bits per heavy atom. The number of aryl methyl sites for hydroxylation is 1. The van der Waals surface area contributed by atoms with Crippen molar-refractivity contribution in [3.63, 3.8) is 0 Å². The van der Waals surface area contributed by atoms with Crippen molar-refractivity contribution in [1.29, 1.82) is 0 Å². The summed E-state index contributed by atoms with van der Waals surface area (Å²) in [5, 5.41) is 2.99. The highest BCUT2D eigenvalue weighted by molar-refractivity contribution is 5.78. The van der Waals surface area contributed by atoms with Crippen LogP contribution in [-0.4, -0.2) is 53.6 Å². The molecule has 1 N–H and O–H groups in total. The van der Waals surface area contributed by atoms with Gasteiger partial charge < -0.3 is 19.4 Å². The summed E-state index contributed by atoms with van der Waals surface area (Å²) in [6, 6.07) is 4.57. The van der Waals surface area contributed by atoms with Crippen molar-refractivity contribution in [1.82, 2.24) is 15.1 Å². The number of carbonyl (C=O) groups is 2. The van der Waals surface area contributed by atoms with Crippen molar-refractivity contribution < 1.29 is 27.5 Å². The minimum Gasteiger partial charge on any atom is -0.472 e. The van der Waals surface area contributed by atoms with Crippen LogP contribution in [0.5, 0.6) is 0 Å². The van der Waals surface area contributed by atoms with Gasteiger partial charge in [0.2, 0.25) is 5.91 Å². The Hall–Kier alpha value is -2.94. The van der Waals surface area contributed by atoms with E-state index in [0.717, 1.165) is 31.2 Å². The summed E-state index contributed by atoms with van der Waals surface area (Å²) in [6.45, 7) is 4.80. The first kappa shape index (κ1) is 25.7. The van der Waals surface area contributed by atoms with E-state index in [1.807, 2.05) is 15.9 Å². The van der Waals surface area contributed by atoms with Gasteiger partial charge in [-0.3, -0.25) is 9.69 Å². The predicted octanol–water partition coefficient (Wildman–Crippen LogP) is 4.78. The van der Waals surface area contributed by atoms with E-state index in [0.29, 0.717) is 57.0 Å². The molecular formula is C28H35F2N3O4. The number of benzene rings is 1. The van der Waals surface area contributed by atoms with Crippen LogP contribution in [0.1, 0.15) is 55.2 Å². The van der Waals surface area contributed by atoms with Gasteiger partial charge in [-0.1, -0.05) is 0 Å². The second-order valence-corrected chi connectivity index (χ2v) is 11.0. The molecule has 2 amide bonds. The fourth-order valence-corrected chi connectivity index (χ4v) is 5.96. The van der Waals surface area contributed by atoms with Crippen molar-refractivity contribution in [3.8, 4) is 0 Å². The predicted molar refractivity (Wildman–Crippen MR) is 132 cm³/mol. The maximum absolute atomic E-state index is 14.3. The molecule has 1 aliphatic carbocycles. The summed E-state index contributed by atoms with van der Waals surface area (Å²) in [6.07, 6.45) is 7.69. The van der Waals surface area contributed by atoms with Gasteiger partial charge in [0, 0.05) is 62.6 Å². The summed E-state index contributed by atoms with van der Waals surface area (Å²) in [7, 11) is 0. The number of carbonyl (C=O) groups excluding carboxylic acids is 2. The molecule has 200 valence electrons. The zero-order valence-corrected chi connectivity index (χ0v) is 21.3. The van der Waals surface area contributed by atoms with Gasteiger partial charge in [0.25, 0.3) is 0 Å². The second kappa shape index (κ2) is 10.8. The third-order valence-corrected chi connectivity index (χ3v) is 8.22. The largest absolute Gasteiger partial charge is 0.472 e. The first-order valence-electron chi connectivity index (χ1n) is 13.2. The van der Waals surface area contributed by atoms with Gasteiger partial charge in [0.15, 0.2) is 0 Å². The van der Waals surface area contributed by atoms with Crippen molar-refractivity contribution in [2.24, 2.45) is 11.8 Å². The van der Waals surface area contributed by atoms with Gasteiger partial charge >= 0.3 is 6.09 Å². The Balaban J connectivity index is 1.07. The van der Waals surface area contributed by atoms with E-state index >= 15 is 0 Å². The molecule has 0 bridgehead atoms. The van der Waals surface area contributed by atoms with Crippen LogP contribution in [0, 0.1) is 30.4 Å². The maximum Gasteiger partial charge on any atom is 0.410 e. The second-order valence-electron chi connectivity index (χ2n) is 11.0. The SMILES string of the molecule is Cc1cc(F)c(CN2CCC3(CC2)CN(CC2CCC(C(=O)NCc4ccoc4)CC2)C(=O)O3)c(F)c1. The molecule has 0 radical (unpaired) electrons. The lowest BCUT2D eigenvalue weighted by atomic mass is 9.81. The number of ether oxygens (including phenoxy) is 1. The van der Waals surface area contributed by atoms with E-state index in [2.05, 4.69) is 5.32 Å². The number of nitrogens with zero attached hydrogens (tertiary/aromatic N) is 2. The summed E-state index contributed by atoms with van der Waals surface area (Å²) >= 11 is 0. The molecule has 2 saturated heterocycles. The van der Waals surface area contributed by atoms with E-state index < -0.39 is 17.2 Å². The van der Waals surface area contributed by atoms with Gasteiger partial charge in [-0.25, -0.2) is 13.6 Å². The van der Waals surface area contributed by atoms with E-state index in [4.69, 9.17) is 9.15 Å². The number of piperidine rings is 1. The molecule has 1 saturated carbocycles. The van der Waals surface area contributed by atoms with Gasteiger partial charge in [0.05, 0.1) is 19.1 Å².